The third-order valence-electron chi connectivity index (χ3n) is 2.24. The molecule has 94 valence electrons. The number of rotatable bonds is 3. The second-order valence-electron chi connectivity index (χ2n) is 3.64. The van der Waals surface area contributed by atoms with E-state index in [1.807, 2.05) is 6.92 Å². The van der Waals surface area contributed by atoms with E-state index in [0.717, 1.165) is 17.0 Å². The van der Waals surface area contributed by atoms with Crippen LogP contribution in [0.4, 0.5) is 10.8 Å². The summed E-state index contributed by atoms with van der Waals surface area (Å²) >= 11 is 0.840. The zero-order valence-corrected chi connectivity index (χ0v) is 10.5. The van der Waals surface area contributed by atoms with Crippen LogP contribution in [-0.4, -0.2) is 20.6 Å². The van der Waals surface area contributed by atoms with Crippen LogP contribution in [0.5, 0.6) is 0 Å². The molecule has 0 aliphatic carbocycles. The van der Waals surface area contributed by atoms with Crippen molar-refractivity contribution < 1.29 is 9.72 Å². The molecule has 2 rings (SSSR count). The van der Waals surface area contributed by atoms with E-state index in [1.54, 1.807) is 13.1 Å². The topological polar surface area (TPSA) is 90.1 Å². The predicted octanol–water partition coefficient (Wildman–Crippen LogP) is 1.95. The molecule has 1 N–H and O–H groups in total. The van der Waals surface area contributed by atoms with Crippen LogP contribution in [0.1, 0.15) is 15.4 Å². The summed E-state index contributed by atoms with van der Waals surface area (Å²) in [5, 5.41) is 17.2. The molecule has 2 aromatic rings. The van der Waals surface area contributed by atoms with Crippen molar-refractivity contribution in [1.29, 1.82) is 0 Å². The van der Waals surface area contributed by atoms with Gasteiger partial charge in [-0.15, -0.1) is 0 Å². The van der Waals surface area contributed by atoms with Gasteiger partial charge in [-0.3, -0.25) is 19.6 Å². The highest BCUT2D eigenvalue weighted by molar-refractivity contribution is 7.17. The summed E-state index contributed by atoms with van der Waals surface area (Å²) in [6, 6.07) is 4.47. The molecule has 0 radical (unpaired) electrons. The summed E-state index contributed by atoms with van der Waals surface area (Å²) in [6.07, 6.45) is 0. The zero-order chi connectivity index (χ0) is 13.3. The molecule has 1 amide bonds. The monoisotopic (exact) mass is 266 g/mol. The molecule has 0 aliphatic rings. The first-order chi connectivity index (χ1) is 8.47. The molecular formula is C10H10N4O3S. The number of nitro groups is 1. The Morgan fingerprint density at radius 1 is 1.56 bits per heavy atom. The van der Waals surface area contributed by atoms with Gasteiger partial charge >= 0.3 is 5.00 Å². The summed E-state index contributed by atoms with van der Waals surface area (Å²) in [5.74, 6) is 0.171. The van der Waals surface area contributed by atoms with Gasteiger partial charge < -0.3 is 5.32 Å². The van der Waals surface area contributed by atoms with E-state index in [1.165, 1.54) is 16.8 Å². The number of hydrogen-bond acceptors (Lipinski definition) is 5. The fourth-order valence-corrected chi connectivity index (χ4v) is 2.17. The second kappa shape index (κ2) is 4.57. The number of nitrogens with zero attached hydrogens (tertiary/aromatic N) is 3. The fourth-order valence-electron chi connectivity index (χ4n) is 1.45. The van der Waals surface area contributed by atoms with E-state index < -0.39 is 4.92 Å². The minimum Gasteiger partial charge on any atom is -0.306 e. The number of aromatic nitrogens is 2. The van der Waals surface area contributed by atoms with Crippen molar-refractivity contribution in [1.82, 2.24) is 9.78 Å². The van der Waals surface area contributed by atoms with E-state index in [4.69, 9.17) is 0 Å². The highest BCUT2D eigenvalue weighted by Gasteiger charge is 2.16. The number of thiophene rings is 1. The van der Waals surface area contributed by atoms with Crippen LogP contribution < -0.4 is 5.32 Å². The van der Waals surface area contributed by atoms with Crippen molar-refractivity contribution >= 4 is 28.1 Å². The first-order valence-corrected chi connectivity index (χ1v) is 5.85. The van der Waals surface area contributed by atoms with Crippen LogP contribution in [0.2, 0.25) is 0 Å². The van der Waals surface area contributed by atoms with Crippen molar-refractivity contribution in [2.45, 2.75) is 6.92 Å². The lowest BCUT2D eigenvalue weighted by Crippen LogP contribution is -2.13. The first kappa shape index (κ1) is 12.2. The van der Waals surface area contributed by atoms with E-state index in [-0.39, 0.29) is 10.9 Å². The van der Waals surface area contributed by atoms with Gasteiger partial charge in [-0.05, 0) is 13.0 Å². The molecule has 0 atom stereocenters. The van der Waals surface area contributed by atoms with Crippen molar-refractivity contribution in [3.63, 3.8) is 0 Å². The Bertz CT molecular complexity index is 616. The summed E-state index contributed by atoms with van der Waals surface area (Å²) in [4.78, 5) is 22.1. The Hall–Kier alpha value is -2.22. The van der Waals surface area contributed by atoms with Gasteiger partial charge in [0, 0.05) is 19.2 Å². The Labute approximate surface area is 106 Å². The van der Waals surface area contributed by atoms with E-state index in [9.17, 15) is 14.9 Å². The molecule has 2 heterocycles. The molecule has 2 aromatic heterocycles. The molecule has 8 heteroatoms. The van der Waals surface area contributed by atoms with Crippen LogP contribution in [0.15, 0.2) is 18.2 Å². The zero-order valence-electron chi connectivity index (χ0n) is 9.71. The van der Waals surface area contributed by atoms with Crippen molar-refractivity contribution in [2.24, 2.45) is 7.05 Å². The average molecular weight is 266 g/mol. The van der Waals surface area contributed by atoms with Crippen molar-refractivity contribution in [2.75, 3.05) is 5.32 Å². The van der Waals surface area contributed by atoms with E-state index in [0.29, 0.717) is 10.7 Å². The van der Waals surface area contributed by atoms with Crippen molar-refractivity contribution in [3.05, 3.63) is 38.9 Å². The molecule has 0 saturated heterocycles. The number of carbonyl (C=O) groups excluding carboxylic acids is 1. The van der Waals surface area contributed by atoms with Crippen LogP contribution in [0.3, 0.4) is 0 Å². The Morgan fingerprint density at radius 2 is 2.28 bits per heavy atom. The molecule has 0 saturated carbocycles. The molecule has 18 heavy (non-hydrogen) atoms. The Kier molecular flexibility index (Phi) is 3.11. The van der Waals surface area contributed by atoms with Gasteiger partial charge in [0.25, 0.3) is 5.91 Å². The van der Waals surface area contributed by atoms with Gasteiger partial charge in [0.1, 0.15) is 5.82 Å². The number of anilines is 1. The van der Waals surface area contributed by atoms with E-state index in [2.05, 4.69) is 10.4 Å². The van der Waals surface area contributed by atoms with Crippen LogP contribution in [-0.2, 0) is 7.05 Å². The summed E-state index contributed by atoms with van der Waals surface area (Å²) < 4.78 is 1.54. The second-order valence-corrected chi connectivity index (χ2v) is 4.71. The molecule has 0 aromatic carbocycles. The minimum absolute atomic E-state index is 0.0543. The van der Waals surface area contributed by atoms with Gasteiger partial charge in [-0.1, -0.05) is 11.3 Å². The summed E-state index contributed by atoms with van der Waals surface area (Å²) in [6.45, 7) is 1.81. The third-order valence-corrected chi connectivity index (χ3v) is 3.27. The highest BCUT2D eigenvalue weighted by atomic mass is 32.1. The standard InChI is InChI=1S/C10H10N4O3S/c1-6-5-8(13(2)12-6)11-10(15)7-3-4-9(18-7)14(16)17/h3-5H,1-2H3,(H,11,15). The first-order valence-electron chi connectivity index (χ1n) is 5.03. The quantitative estimate of drug-likeness (QED) is 0.679. The van der Waals surface area contributed by atoms with Gasteiger partial charge in [-0.2, -0.15) is 5.10 Å². The molecule has 0 fully saturated rings. The number of amides is 1. The maximum Gasteiger partial charge on any atom is 0.324 e. The number of hydrogen-bond donors (Lipinski definition) is 1. The van der Waals surface area contributed by atoms with Gasteiger partial charge in [0.2, 0.25) is 0 Å². The summed E-state index contributed by atoms with van der Waals surface area (Å²) in [7, 11) is 1.71. The third kappa shape index (κ3) is 2.38. The molecule has 0 spiro atoms. The normalized spacial score (nSPS) is 10.3. The largest absolute Gasteiger partial charge is 0.324 e. The van der Waals surface area contributed by atoms with Gasteiger partial charge in [0.15, 0.2) is 0 Å². The van der Waals surface area contributed by atoms with Crippen molar-refractivity contribution in [3.8, 4) is 0 Å². The maximum absolute atomic E-state index is 11.8. The average Bonchev–Trinajstić information content (AvgIpc) is 2.86. The lowest BCUT2D eigenvalue weighted by Gasteiger charge is -2.02. The Morgan fingerprint density at radius 3 is 2.78 bits per heavy atom. The molecular weight excluding hydrogens is 256 g/mol. The lowest BCUT2D eigenvalue weighted by molar-refractivity contribution is -0.380. The molecule has 7 nitrogen and oxygen atoms in total. The highest BCUT2D eigenvalue weighted by Crippen LogP contribution is 2.24. The maximum atomic E-state index is 11.8. The number of nitrogens with one attached hydrogen (secondary N) is 1. The molecule has 0 aliphatic heterocycles. The van der Waals surface area contributed by atoms with Crippen LogP contribution in [0.25, 0.3) is 0 Å². The SMILES string of the molecule is Cc1cc(NC(=O)c2ccc([N+](=O)[O-])s2)n(C)n1. The smallest absolute Gasteiger partial charge is 0.306 e. The number of aryl methyl sites for hydroxylation is 2. The van der Waals surface area contributed by atoms with Gasteiger partial charge in [0.05, 0.1) is 15.5 Å². The fraction of sp³-hybridized carbons (Fsp3) is 0.200. The van der Waals surface area contributed by atoms with E-state index >= 15 is 0 Å². The van der Waals surface area contributed by atoms with Gasteiger partial charge in [-0.25, -0.2) is 0 Å². The minimum atomic E-state index is -0.518. The molecule has 0 unspecified atom stereocenters. The Balaban J connectivity index is 2.16. The summed E-state index contributed by atoms with van der Waals surface area (Å²) in [5.41, 5.74) is 0.782. The lowest BCUT2D eigenvalue weighted by atomic mass is 10.4. The predicted molar refractivity (Wildman–Crippen MR) is 66.9 cm³/mol. The van der Waals surface area contributed by atoms with Crippen LogP contribution in [0, 0.1) is 17.0 Å². The van der Waals surface area contributed by atoms with Crippen LogP contribution >= 0.6 is 11.3 Å². The number of carbonyl (C=O) groups is 1. The molecule has 0 bridgehead atoms.